The smallest absolute Gasteiger partial charge is 0.253 e. The second-order valence-electron chi connectivity index (χ2n) is 5.90. The van der Waals surface area contributed by atoms with Gasteiger partial charge < -0.3 is 4.98 Å². The van der Waals surface area contributed by atoms with Gasteiger partial charge in [0.25, 0.3) is 5.78 Å². The molecule has 0 bridgehead atoms. The van der Waals surface area contributed by atoms with Gasteiger partial charge in [-0.3, -0.25) is 10.1 Å². The quantitative estimate of drug-likeness (QED) is 0.538. The molecule has 0 aliphatic carbocycles. The topological polar surface area (TPSA) is 101 Å². The lowest BCUT2D eigenvalue weighted by molar-refractivity contribution is -0.115. The zero-order chi connectivity index (χ0) is 18.3. The van der Waals surface area contributed by atoms with Crippen molar-refractivity contribution < 1.29 is 4.79 Å². The molecule has 0 unspecified atom stereocenters. The predicted octanol–water partition coefficient (Wildman–Crippen LogP) is 2.52. The van der Waals surface area contributed by atoms with Crippen molar-refractivity contribution in [3.05, 3.63) is 41.2 Å². The second-order valence-corrected chi connectivity index (χ2v) is 6.67. The van der Waals surface area contributed by atoms with E-state index in [1.54, 1.807) is 4.52 Å². The van der Waals surface area contributed by atoms with E-state index < -0.39 is 0 Å². The van der Waals surface area contributed by atoms with E-state index >= 15 is 0 Å². The van der Waals surface area contributed by atoms with Crippen molar-refractivity contribution in [1.29, 1.82) is 0 Å². The van der Waals surface area contributed by atoms with Crippen molar-refractivity contribution in [2.24, 2.45) is 0 Å². The number of nitrogens with zero attached hydrogens (tertiary/aromatic N) is 5. The molecule has 0 saturated carbocycles. The number of rotatable bonds is 4. The number of anilines is 1. The molecule has 8 nitrogen and oxygen atoms in total. The Balaban J connectivity index is 1.60. The van der Waals surface area contributed by atoms with Gasteiger partial charge in [-0.15, -0.1) is 5.10 Å². The number of benzene rings is 1. The zero-order valence-corrected chi connectivity index (χ0v) is 15.4. The van der Waals surface area contributed by atoms with Crippen LogP contribution >= 0.6 is 11.8 Å². The van der Waals surface area contributed by atoms with Gasteiger partial charge in [-0.05, 0) is 32.2 Å². The highest BCUT2D eigenvalue weighted by molar-refractivity contribution is 7.98. The first-order chi connectivity index (χ1) is 12.5. The molecule has 0 fully saturated rings. The molecular weight excluding hydrogens is 350 g/mol. The number of hydrogen-bond donors (Lipinski definition) is 2. The number of carbonyl (C=O) groups excluding carboxylic acids is 1. The fourth-order valence-corrected chi connectivity index (χ4v) is 3.22. The first-order valence-electron chi connectivity index (χ1n) is 8.06. The number of nitrogens with one attached hydrogen (secondary N) is 2. The molecule has 4 rings (SSSR count). The van der Waals surface area contributed by atoms with Gasteiger partial charge in [0.05, 0.1) is 17.5 Å². The van der Waals surface area contributed by atoms with Crippen molar-refractivity contribution in [1.82, 2.24) is 29.5 Å². The van der Waals surface area contributed by atoms with Crippen LogP contribution in [0.15, 0.2) is 29.4 Å². The highest BCUT2D eigenvalue weighted by atomic mass is 32.2. The molecule has 1 aromatic carbocycles. The molecule has 0 aliphatic rings. The van der Waals surface area contributed by atoms with Gasteiger partial charge in [-0.25, -0.2) is 14.5 Å². The molecule has 0 spiro atoms. The summed E-state index contributed by atoms with van der Waals surface area (Å²) in [5.41, 5.74) is 4.16. The number of aromatic amines is 1. The molecule has 26 heavy (non-hydrogen) atoms. The third-order valence-corrected chi connectivity index (χ3v) is 4.73. The van der Waals surface area contributed by atoms with Crippen LogP contribution in [0.1, 0.15) is 17.0 Å². The van der Waals surface area contributed by atoms with Gasteiger partial charge in [-0.1, -0.05) is 23.9 Å². The molecule has 0 saturated heterocycles. The summed E-state index contributed by atoms with van der Waals surface area (Å²) in [6.07, 6.45) is 2.10. The summed E-state index contributed by atoms with van der Waals surface area (Å²) in [5.74, 6) is 0.818. The van der Waals surface area contributed by atoms with E-state index in [9.17, 15) is 4.79 Å². The van der Waals surface area contributed by atoms with E-state index in [1.165, 1.54) is 11.8 Å². The Bertz CT molecular complexity index is 1100. The van der Waals surface area contributed by atoms with E-state index in [0.717, 1.165) is 28.0 Å². The molecule has 1 amide bonds. The van der Waals surface area contributed by atoms with Crippen LogP contribution in [0, 0.1) is 13.8 Å². The Hall–Kier alpha value is -2.94. The molecule has 9 heteroatoms. The number of H-pyrrole nitrogens is 1. The van der Waals surface area contributed by atoms with Gasteiger partial charge in [0.1, 0.15) is 0 Å². The Morgan fingerprint density at radius 2 is 2.04 bits per heavy atom. The SMILES string of the molecule is CSc1nc2nc(C)c(CC(=O)Nc3nc4ccccc4[nH]3)c(C)n2n1. The van der Waals surface area contributed by atoms with Crippen LogP contribution in [-0.2, 0) is 11.2 Å². The summed E-state index contributed by atoms with van der Waals surface area (Å²) in [5, 5.41) is 7.88. The summed E-state index contributed by atoms with van der Waals surface area (Å²) in [6.45, 7) is 3.80. The number of thioether (sulfide) groups is 1. The van der Waals surface area contributed by atoms with Crippen LogP contribution in [0.5, 0.6) is 0 Å². The lowest BCUT2D eigenvalue weighted by atomic mass is 10.1. The van der Waals surface area contributed by atoms with Gasteiger partial charge >= 0.3 is 0 Å². The van der Waals surface area contributed by atoms with E-state index in [4.69, 9.17) is 0 Å². The second kappa shape index (κ2) is 6.41. The Morgan fingerprint density at radius 1 is 1.23 bits per heavy atom. The lowest BCUT2D eigenvalue weighted by Crippen LogP contribution is -2.18. The fourth-order valence-electron chi connectivity index (χ4n) is 2.88. The number of hydrogen-bond acceptors (Lipinski definition) is 6. The van der Waals surface area contributed by atoms with Crippen LogP contribution in [0.3, 0.4) is 0 Å². The third-order valence-electron chi connectivity index (χ3n) is 4.20. The van der Waals surface area contributed by atoms with E-state index in [-0.39, 0.29) is 12.3 Å². The van der Waals surface area contributed by atoms with Gasteiger partial charge in [-0.2, -0.15) is 4.98 Å². The summed E-state index contributed by atoms with van der Waals surface area (Å²) in [6, 6.07) is 7.63. The van der Waals surface area contributed by atoms with Crippen LogP contribution < -0.4 is 5.32 Å². The third kappa shape index (κ3) is 2.90. The number of aryl methyl sites for hydroxylation is 2. The number of amides is 1. The minimum absolute atomic E-state index is 0.165. The minimum atomic E-state index is -0.165. The van der Waals surface area contributed by atoms with Gasteiger partial charge in [0.2, 0.25) is 17.0 Å². The maximum Gasteiger partial charge on any atom is 0.253 e. The highest BCUT2D eigenvalue weighted by Gasteiger charge is 2.16. The van der Waals surface area contributed by atoms with Crippen molar-refractivity contribution in [2.45, 2.75) is 25.4 Å². The molecular formula is C17H17N7OS. The van der Waals surface area contributed by atoms with Gasteiger partial charge in [0.15, 0.2) is 0 Å². The molecule has 3 aromatic heterocycles. The summed E-state index contributed by atoms with van der Waals surface area (Å²) >= 11 is 1.46. The van der Waals surface area contributed by atoms with Crippen molar-refractivity contribution >= 4 is 40.4 Å². The molecule has 2 N–H and O–H groups in total. The number of fused-ring (bicyclic) bond motifs is 2. The van der Waals surface area contributed by atoms with Crippen LogP contribution in [0.4, 0.5) is 5.95 Å². The summed E-state index contributed by atoms with van der Waals surface area (Å²) in [7, 11) is 0. The number of imidazole rings is 1. The van der Waals surface area contributed by atoms with E-state index in [0.29, 0.717) is 16.9 Å². The number of para-hydroxylation sites is 2. The molecule has 0 aliphatic heterocycles. The standard InChI is InChI=1S/C17H17N7OS/c1-9-11(10(2)24-16(18-9)22-17(23-24)26-3)8-14(25)21-15-19-12-6-4-5-7-13(12)20-15/h4-7H,8H2,1-3H3,(H2,19,20,21,25). The normalized spacial score (nSPS) is 11.3. The highest BCUT2D eigenvalue weighted by Crippen LogP contribution is 2.18. The lowest BCUT2D eigenvalue weighted by Gasteiger charge is -2.09. The van der Waals surface area contributed by atoms with E-state index in [1.807, 2.05) is 44.4 Å². The molecule has 4 aromatic rings. The average molecular weight is 367 g/mol. The number of aromatic nitrogens is 6. The average Bonchev–Trinajstić information content (AvgIpc) is 3.21. The maximum absolute atomic E-state index is 12.5. The summed E-state index contributed by atoms with van der Waals surface area (Å²) < 4.78 is 1.68. The monoisotopic (exact) mass is 367 g/mol. The summed E-state index contributed by atoms with van der Waals surface area (Å²) in [4.78, 5) is 28.8. The van der Waals surface area contributed by atoms with Gasteiger partial charge in [0, 0.05) is 17.0 Å². The first-order valence-corrected chi connectivity index (χ1v) is 9.29. The van der Waals surface area contributed by atoms with Crippen molar-refractivity contribution in [2.75, 3.05) is 11.6 Å². The van der Waals surface area contributed by atoms with Crippen molar-refractivity contribution in [3.8, 4) is 0 Å². The minimum Gasteiger partial charge on any atom is -0.324 e. The fraction of sp³-hybridized carbons (Fsp3) is 0.235. The Morgan fingerprint density at radius 3 is 2.81 bits per heavy atom. The first kappa shape index (κ1) is 16.5. The van der Waals surface area contributed by atoms with Crippen LogP contribution in [0.2, 0.25) is 0 Å². The number of carbonyl (C=O) groups is 1. The molecule has 3 heterocycles. The van der Waals surface area contributed by atoms with Crippen molar-refractivity contribution in [3.63, 3.8) is 0 Å². The van der Waals surface area contributed by atoms with Crippen LogP contribution in [-0.4, -0.2) is 41.7 Å². The molecule has 132 valence electrons. The molecule has 0 radical (unpaired) electrons. The zero-order valence-electron chi connectivity index (χ0n) is 14.6. The van der Waals surface area contributed by atoms with E-state index in [2.05, 4.69) is 30.4 Å². The molecule has 0 atom stereocenters. The largest absolute Gasteiger partial charge is 0.324 e. The maximum atomic E-state index is 12.5. The Kier molecular flexibility index (Phi) is 4.08. The predicted molar refractivity (Wildman–Crippen MR) is 100 cm³/mol. The Labute approximate surface area is 153 Å². The van der Waals surface area contributed by atoms with Crippen LogP contribution in [0.25, 0.3) is 16.8 Å².